The summed E-state index contributed by atoms with van der Waals surface area (Å²) in [6.45, 7) is 3.18. The van der Waals surface area contributed by atoms with Gasteiger partial charge in [-0.25, -0.2) is 22.2 Å². The van der Waals surface area contributed by atoms with E-state index in [1.165, 1.54) is 44.4 Å². The average molecular weight is 715 g/mol. The van der Waals surface area contributed by atoms with Crippen LogP contribution in [-0.4, -0.2) is 57.4 Å². The number of aromatic nitrogens is 2. The number of unbranched alkanes of at least 4 members (excludes halogenated alkanes) is 1. The number of ether oxygens (including phenoxy) is 2. The number of hydrogen-bond acceptors (Lipinski definition) is 7. The maximum atomic E-state index is 15.2. The molecule has 7 rings (SSSR count). The fraction of sp³-hybridized carbons (Fsp3) is 0.263. The highest BCUT2D eigenvalue weighted by Crippen LogP contribution is 2.46. The number of nitrogens with one attached hydrogen (secondary N) is 1. The predicted molar refractivity (Wildman–Crippen MR) is 192 cm³/mol. The highest BCUT2D eigenvalue weighted by molar-refractivity contribution is 7.92. The number of pyridine rings is 1. The van der Waals surface area contributed by atoms with Crippen LogP contribution in [0.4, 0.5) is 14.5 Å². The van der Waals surface area contributed by atoms with Crippen LogP contribution in [0.3, 0.4) is 0 Å². The number of fused-ring (bicyclic) bond motifs is 6. The fourth-order valence-electron chi connectivity index (χ4n) is 6.43. The molecule has 51 heavy (non-hydrogen) atoms. The summed E-state index contributed by atoms with van der Waals surface area (Å²) in [5.74, 6) is -0.623. The fourth-order valence-corrected chi connectivity index (χ4v) is 6.94. The standard InChI is InChI=1S/C38H36F2N4O6S/c1-5-6-17-48-18-16-34-44-29-9-7-8-27(40)24(29)20-31(44)36-32(49-34)15-14-28(42-36)25-19-26-33(21-30(25)43(3)51(4,46)47)50-37(35(26)38(45)41-2)22-10-12-23(39)13-11-22/h7-15,19-21,34H,5-6,16-18H2,1-4H3,(H,41,45). The lowest BCUT2D eigenvalue weighted by atomic mass is 10.0. The number of carbonyl (C=O) groups is 1. The summed E-state index contributed by atoms with van der Waals surface area (Å²) in [7, 11) is -0.884. The molecule has 0 saturated heterocycles. The minimum Gasteiger partial charge on any atom is -0.468 e. The smallest absolute Gasteiger partial charge is 0.255 e. The highest BCUT2D eigenvalue weighted by atomic mass is 32.2. The lowest BCUT2D eigenvalue weighted by Crippen LogP contribution is -2.25. The third-order valence-electron chi connectivity index (χ3n) is 9.11. The number of amides is 1. The SMILES string of the molecule is CCCCOCCC1Oc2ccc(-c3cc4c(C(=O)NC)c(-c5ccc(F)cc5)oc4cc3N(C)S(C)(=O)=O)nc2-c2cc3c(F)cccc3n21. The van der Waals surface area contributed by atoms with Crippen molar-refractivity contribution < 1.29 is 35.9 Å². The first kappa shape index (κ1) is 34.2. The molecule has 1 N–H and O–H groups in total. The second-order valence-corrected chi connectivity index (χ2v) is 14.4. The maximum Gasteiger partial charge on any atom is 0.255 e. The number of furan rings is 1. The number of sulfonamides is 1. The molecule has 0 saturated carbocycles. The summed E-state index contributed by atoms with van der Waals surface area (Å²) in [6, 6.07) is 18.8. The molecular weight excluding hydrogens is 679 g/mol. The van der Waals surface area contributed by atoms with Crippen molar-refractivity contribution in [3.8, 4) is 39.7 Å². The molecule has 264 valence electrons. The Labute approximate surface area is 293 Å². The van der Waals surface area contributed by atoms with E-state index < -0.39 is 28.0 Å². The second kappa shape index (κ2) is 13.5. The van der Waals surface area contributed by atoms with E-state index in [-0.39, 0.29) is 28.4 Å². The normalized spacial score (nSPS) is 14.0. The molecular formula is C38H36F2N4O6S. The van der Waals surface area contributed by atoms with Crippen molar-refractivity contribution in [2.75, 3.05) is 37.9 Å². The summed E-state index contributed by atoms with van der Waals surface area (Å²) in [4.78, 5) is 18.4. The van der Waals surface area contributed by atoms with Crippen LogP contribution in [0.15, 0.2) is 77.2 Å². The quantitative estimate of drug-likeness (QED) is 0.136. The van der Waals surface area contributed by atoms with Gasteiger partial charge >= 0.3 is 0 Å². The number of anilines is 1. The highest BCUT2D eigenvalue weighted by Gasteiger charge is 2.31. The summed E-state index contributed by atoms with van der Waals surface area (Å²) in [6.07, 6.45) is 3.07. The first-order valence-corrected chi connectivity index (χ1v) is 18.4. The molecule has 10 nitrogen and oxygen atoms in total. The molecule has 0 fully saturated rings. The van der Waals surface area contributed by atoms with Crippen molar-refractivity contribution in [1.29, 1.82) is 0 Å². The van der Waals surface area contributed by atoms with Crippen molar-refractivity contribution >= 4 is 43.5 Å². The monoisotopic (exact) mass is 714 g/mol. The molecule has 1 aliphatic heterocycles. The van der Waals surface area contributed by atoms with Crippen molar-refractivity contribution in [1.82, 2.24) is 14.9 Å². The molecule has 1 amide bonds. The number of halogens is 2. The van der Waals surface area contributed by atoms with Crippen LogP contribution in [0.5, 0.6) is 5.75 Å². The zero-order valence-electron chi connectivity index (χ0n) is 28.5. The molecule has 1 unspecified atom stereocenters. The second-order valence-electron chi connectivity index (χ2n) is 12.4. The summed E-state index contributed by atoms with van der Waals surface area (Å²) in [5.41, 5.74) is 3.59. The van der Waals surface area contributed by atoms with E-state index in [0.717, 1.165) is 23.4 Å². The molecule has 0 aliphatic carbocycles. The van der Waals surface area contributed by atoms with Gasteiger partial charge in [0.25, 0.3) is 5.91 Å². The summed E-state index contributed by atoms with van der Waals surface area (Å²) < 4.78 is 76.4. The van der Waals surface area contributed by atoms with E-state index in [2.05, 4.69) is 12.2 Å². The number of rotatable bonds is 11. The minimum atomic E-state index is -3.79. The first-order valence-electron chi connectivity index (χ1n) is 16.6. The Balaban J connectivity index is 1.42. The van der Waals surface area contributed by atoms with Gasteiger partial charge in [-0.1, -0.05) is 19.4 Å². The molecule has 0 spiro atoms. The van der Waals surface area contributed by atoms with Gasteiger partial charge in [-0.15, -0.1) is 0 Å². The Morgan fingerprint density at radius 2 is 1.82 bits per heavy atom. The molecule has 1 atom stereocenters. The number of nitrogens with zero attached hydrogens (tertiary/aromatic N) is 3. The van der Waals surface area contributed by atoms with Crippen molar-refractivity contribution in [2.45, 2.75) is 32.4 Å². The molecule has 1 aliphatic rings. The van der Waals surface area contributed by atoms with E-state index in [1.807, 2.05) is 10.6 Å². The van der Waals surface area contributed by atoms with Crippen LogP contribution >= 0.6 is 0 Å². The van der Waals surface area contributed by atoms with Gasteiger partial charge in [0.05, 0.1) is 41.0 Å². The van der Waals surface area contributed by atoms with Gasteiger partial charge in [0.15, 0.2) is 6.23 Å². The zero-order chi connectivity index (χ0) is 36.0. The Hall–Kier alpha value is -5.27. The molecule has 4 heterocycles. The van der Waals surface area contributed by atoms with Gasteiger partial charge < -0.3 is 23.8 Å². The Morgan fingerprint density at radius 3 is 2.55 bits per heavy atom. The van der Waals surface area contributed by atoms with Crippen LogP contribution in [-0.2, 0) is 14.8 Å². The molecule has 3 aromatic carbocycles. The summed E-state index contributed by atoms with van der Waals surface area (Å²) in [5, 5.41) is 3.45. The summed E-state index contributed by atoms with van der Waals surface area (Å²) >= 11 is 0. The van der Waals surface area contributed by atoms with Gasteiger partial charge in [0.1, 0.15) is 34.4 Å². The molecule has 6 aromatic rings. The van der Waals surface area contributed by atoms with Crippen LogP contribution in [0.25, 0.3) is 55.8 Å². The predicted octanol–water partition coefficient (Wildman–Crippen LogP) is 7.91. The lowest BCUT2D eigenvalue weighted by Gasteiger charge is -2.30. The maximum absolute atomic E-state index is 15.2. The van der Waals surface area contributed by atoms with E-state index >= 15 is 4.39 Å². The largest absolute Gasteiger partial charge is 0.468 e. The van der Waals surface area contributed by atoms with Crippen molar-refractivity contribution in [3.05, 3.63) is 90.0 Å². The molecule has 0 radical (unpaired) electrons. The lowest BCUT2D eigenvalue weighted by molar-refractivity contribution is 0.0596. The number of carbonyl (C=O) groups excluding carboxylic acids is 1. The van der Waals surface area contributed by atoms with Crippen LogP contribution in [0, 0.1) is 11.6 Å². The Kier molecular flexibility index (Phi) is 9.02. The van der Waals surface area contributed by atoms with Crippen LogP contribution < -0.4 is 14.4 Å². The Bertz CT molecular complexity index is 2410. The van der Waals surface area contributed by atoms with Crippen molar-refractivity contribution in [3.63, 3.8) is 0 Å². The molecule has 13 heteroatoms. The van der Waals surface area contributed by atoms with Gasteiger partial charge in [0, 0.05) is 55.1 Å². The van der Waals surface area contributed by atoms with Gasteiger partial charge in [-0.3, -0.25) is 9.10 Å². The molecule has 3 aromatic heterocycles. The van der Waals surface area contributed by atoms with E-state index in [9.17, 15) is 17.6 Å². The van der Waals surface area contributed by atoms with E-state index in [1.54, 1.807) is 36.4 Å². The van der Waals surface area contributed by atoms with Crippen LogP contribution in [0.2, 0.25) is 0 Å². The van der Waals surface area contributed by atoms with Gasteiger partial charge in [-0.05, 0) is 67.1 Å². The van der Waals surface area contributed by atoms with Gasteiger partial charge in [0.2, 0.25) is 10.0 Å². The minimum absolute atomic E-state index is 0.190. The third-order valence-corrected chi connectivity index (χ3v) is 10.3. The van der Waals surface area contributed by atoms with E-state index in [4.69, 9.17) is 18.9 Å². The van der Waals surface area contributed by atoms with Crippen LogP contribution in [0.1, 0.15) is 42.8 Å². The van der Waals surface area contributed by atoms with Crippen molar-refractivity contribution in [2.24, 2.45) is 0 Å². The Morgan fingerprint density at radius 1 is 1.04 bits per heavy atom. The topological polar surface area (TPSA) is 116 Å². The van der Waals surface area contributed by atoms with E-state index in [0.29, 0.717) is 69.9 Å². The van der Waals surface area contributed by atoms with Gasteiger partial charge in [-0.2, -0.15) is 0 Å². The molecule has 0 bridgehead atoms. The third kappa shape index (κ3) is 6.20. The first-order chi connectivity index (χ1) is 24.5. The number of benzene rings is 3. The number of hydrogen-bond donors (Lipinski definition) is 1. The average Bonchev–Trinajstić information content (AvgIpc) is 3.70. The zero-order valence-corrected chi connectivity index (χ0v) is 29.3.